The Bertz CT molecular complexity index is 2510. The van der Waals surface area contributed by atoms with E-state index in [2.05, 4.69) is 89.8 Å². The standard InChI is InChI=1S/C110H196N2/c1-7-13-19-23-26-29-32-35-38-41-44-47-50-52-54-56-58-61-64-67-70-73-76-79-82-85-91-103-95-101(89-17-11-5)97-105(99-103)109-107(93-87-22-16-10-4)108(94-88-84-81-78-75-72-69-66-63-60-49-46-43-40-37-34-31-28-25-21-15-9-3)110(112(109)111)106-98-102(90-18-12-6)96-104(100-106)92-86-83-80-77-74-71-68-65-62-59-57-55-53-51-48-45-42-39-36-33-30-27-24-20-14-8-2/h95-100H,7-87,89-93H2,1-6H3. The first-order valence-electron chi connectivity index (χ1n) is 52.2. The van der Waals surface area contributed by atoms with Gasteiger partial charge in [-0.25, -0.2) is 4.70 Å². The van der Waals surface area contributed by atoms with Crippen LogP contribution in [0.5, 0.6) is 0 Å². The Labute approximate surface area is 703 Å². The van der Waals surface area contributed by atoms with Crippen LogP contribution in [0.4, 0.5) is 0 Å². The van der Waals surface area contributed by atoms with E-state index in [1.807, 2.05) is 0 Å². The molecule has 2 aromatic carbocycles. The highest BCUT2D eigenvalue weighted by atomic mass is 15.2. The zero-order valence-corrected chi connectivity index (χ0v) is 77.2. The molecule has 2 aromatic rings. The fraction of sp³-hybridized carbons (Fsp3) is 0.836. The van der Waals surface area contributed by atoms with Crippen LogP contribution >= 0.6 is 0 Å². The van der Waals surface area contributed by atoms with Crippen molar-refractivity contribution in [1.29, 1.82) is 0 Å². The van der Waals surface area contributed by atoms with Crippen LogP contribution in [0.3, 0.4) is 0 Å². The summed E-state index contributed by atoms with van der Waals surface area (Å²) in [5, 5.41) is 0. The third-order valence-electron chi connectivity index (χ3n) is 25.8. The van der Waals surface area contributed by atoms with Gasteiger partial charge in [-0.1, -0.05) is 541 Å². The second kappa shape index (κ2) is 80.5. The minimum absolute atomic E-state index is 0.928. The average molecular weight is 1550 g/mol. The number of allylic oxidation sites excluding steroid dienone is 2. The summed E-state index contributed by atoms with van der Waals surface area (Å²) in [5.74, 6) is 7.76. The molecule has 0 saturated carbocycles. The van der Waals surface area contributed by atoms with E-state index in [1.165, 1.54) is 546 Å². The summed E-state index contributed by atoms with van der Waals surface area (Å²) in [7, 11) is 0. The summed E-state index contributed by atoms with van der Waals surface area (Å²) in [6, 6.07) is 15.0. The van der Waals surface area contributed by atoms with Gasteiger partial charge in [0.15, 0.2) is 0 Å². The molecule has 1 heterocycles. The Kier molecular flexibility index (Phi) is 74.2. The Morgan fingerprint density at radius 1 is 0.196 bits per heavy atom. The van der Waals surface area contributed by atoms with Crippen molar-refractivity contribution in [2.24, 2.45) is 0 Å². The van der Waals surface area contributed by atoms with Crippen molar-refractivity contribution < 1.29 is 4.70 Å². The Morgan fingerprint density at radius 2 is 0.375 bits per heavy atom. The van der Waals surface area contributed by atoms with Crippen LogP contribution in [0, 0.1) is 11.8 Å². The van der Waals surface area contributed by atoms with Gasteiger partial charge in [0.1, 0.15) is 5.57 Å². The van der Waals surface area contributed by atoms with Crippen molar-refractivity contribution in [2.45, 2.75) is 594 Å². The van der Waals surface area contributed by atoms with Crippen LogP contribution in [-0.2, 0) is 25.7 Å². The molecular formula is C110H196N2. The molecule has 3 rings (SSSR count). The predicted octanol–water partition coefficient (Wildman–Crippen LogP) is 39.1. The van der Waals surface area contributed by atoms with E-state index in [0.717, 1.165) is 61.9 Å². The van der Waals surface area contributed by atoms with Gasteiger partial charge in [-0.15, -0.1) is 0 Å². The Hall–Kier alpha value is -2.92. The lowest BCUT2D eigenvalue weighted by molar-refractivity contribution is -0.345. The first kappa shape index (κ1) is 103. The lowest BCUT2D eigenvalue weighted by Gasteiger charge is -2.14. The number of nitrogens with zero attached hydrogens (tertiary/aromatic N) is 2. The SMILES string of the molecule is CCCCCCCCCCCCCCCCCCCCCCC#CC1=C(c2cc(CCCC)cc(CCCCCCCCCCCCCCCCCCCCCCCCCCCC)c2)[N+](=[N-])C(c2cc(CCCC)cc(CCCCCCCCCCCCCCCCCCCCCCCCCCCC)c2)=C1CCCCCC. The third kappa shape index (κ3) is 58.9. The highest BCUT2D eigenvalue weighted by Crippen LogP contribution is 2.44. The van der Waals surface area contributed by atoms with Gasteiger partial charge < -0.3 is 5.53 Å². The van der Waals surface area contributed by atoms with E-state index in [-0.39, 0.29) is 0 Å². The van der Waals surface area contributed by atoms with Crippen molar-refractivity contribution in [1.82, 2.24) is 0 Å². The van der Waals surface area contributed by atoms with Gasteiger partial charge in [0.2, 0.25) is 11.4 Å². The van der Waals surface area contributed by atoms with Gasteiger partial charge in [0.05, 0.1) is 0 Å². The fourth-order valence-electron chi connectivity index (χ4n) is 18.3. The van der Waals surface area contributed by atoms with E-state index < -0.39 is 0 Å². The van der Waals surface area contributed by atoms with Gasteiger partial charge in [0, 0.05) is 23.1 Å². The fourth-order valence-corrected chi connectivity index (χ4v) is 18.3. The number of aryl methyl sites for hydroxylation is 4. The van der Waals surface area contributed by atoms with Crippen molar-refractivity contribution >= 4 is 11.4 Å². The monoisotopic (exact) mass is 1550 g/mol. The minimum Gasteiger partial charge on any atom is -0.493 e. The van der Waals surface area contributed by atoms with Crippen LogP contribution in [0.25, 0.3) is 16.9 Å². The summed E-state index contributed by atoms with van der Waals surface area (Å²) >= 11 is 0. The maximum atomic E-state index is 13.3. The number of benzene rings is 2. The van der Waals surface area contributed by atoms with Crippen LogP contribution in [0.15, 0.2) is 47.5 Å². The molecule has 646 valence electrons. The Morgan fingerprint density at radius 3 is 0.607 bits per heavy atom. The molecule has 2 heteroatoms. The quantitative estimate of drug-likeness (QED) is 0.0358. The lowest BCUT2D eigenvalue weighted by Crippen LogP contribution is -2.05. The summed E-state index contributed by atoms with van der Waals surface area (Å²) in [5.41, 5.74) is 25.8. The maximum Gasteiger partial charge on any atom is 0.223 e. The van der Waals surface area contributed by atoms with Crippen LogP contribution in [0.2, 0.25) is 0 Å². The summed E-state index contributed by atoms with van der Waals surface area (Å²) < 4.78 is 1.69. The van der Waals surface area contributed by atoms with Crippen molar-refractivity contribution in [2.75, 3.05) is 0 Å². The molecule has 0 fully saturated rings. The molecule has 0 aromatic heterocycles. The summed E-state index contributed by atoms with van der Waals surface area (Å²) in [6.07, 6.45) is 118. The molecule has 0 unspecified atom stereocenters. The number of hydrogen-bond acceptors (Lipinski definition) is 0. The predicted molar refractivity (Wildman–Crippen MR) is 506 cm³/mol. The lowest BCUT2D eigenvalue weighted by atomic mass is 9.91. The molecule has 0 atom stereocenters. The zero-order valence-electron chi connectivity index (χ0n) is 77.2. The van der Waals surface area contributed by atoms with Crippen molar-refractivity contribution in [3.63, 3.8) is 0 Å². The maximum absolute atomic E-state index is 13.3. The second-order valence-corrected chi connectivity index (χ2v) is 36.9. The molecule has 0 radical (unpaired) electrons. The van der Waals surface area contributed by atoms with Crippen LogP contribution in [-0.4, -0.2) is 4.70 Å². The molecular weight excluding hydrogens is 1350 g/mol. The van der Waals surface area contributed by atoms with Gasteiger partial charge in [-0.3, -0.25) is 0 Å². The normalized spacial score (nSPS) is 12.5. The van der Waals surface area contributed by atoms with Crippen molar-refractivity contribution in [3.8, 4) is 11.8 Å². The molecule has 1 aliphatic rings. The van der Waals surface area contributed by atoms with Crippen LogP contribution < -0.4 is 0 Å². The van der Waals surface area contributed by atoms with Gasteiger partial charge in [0.25, 0.3) is 0 Å². The number of unbranched alkanes of at least 4 members (excludes halogenated alkanes) is 75. The number of hydrogen-bond donors (Lipinski definition) is 0. The van der Waals surface area contributed by atoms with E-state index in [4.69, 9.17) is 0 Å². The average Bonchev–Trinajstić information content (AvgIpc) is 1.60. The van der Waals surface area contributed by atoms with Crippen LogP contribution in [0.1, 0.15) is 601 Å². The molecule has 2 nitrogen and oxygen atoms in total. The Balaban J connectivity index is 1.60. The van der Waals surface area contributed by atoms with E-state index >= 15 is 0 Å². The van der Waals surface area contributed by atoms with E-state index in [9.17, 15) is 5.53 Å². The van der Waals surface area contributed by atoms with E-state index in [1.54, 1.807) is 4.70 Å². The summed E-state index contributed by atoms with van der Waals surface area (Å²) in [4.78, 5) is 0. The van der Waals surface area contributed by atoms with Crippen molar-refractivity contribution in [3.05, 3.63) is 86.5 Å². The molecule has 1 aliphatic heterocycles. The minimum atomic E-state index is 0.928. The highest BCUT2D eigenvalue weighted by Gasteiger charge is 2.36. The highest BCUT2D eigenvalue weighted by molar-refractivity contribution is 5.86. The smallest absolute Gasteiger partial charge is 0.223 e. The number of rotatable bonds is 87. The van der Waals surface area contributed by atoms with Gasteiger partial charge in [-0.2, -0.15) is 0 Å². The largest absolute Gasteiger partial charge is 0.493 e. The first-order valence-corrected chi connectivity index (χ1v) is 52.2. The molecule has 0 bridgehead atoms. The van der Waals surface area contributed by atoms with Gasteiger partial charge >= 0.3 is 0 Å². The molecule has 0 N–H and O–H groups in total. The topological polar surface area (TPSA) is 25.3 Å². The zero-order chi connectivity index (χ0) is 79.8. The molecule has 0 spiro atoms. The molecule has 0 saturated heterocycles. The molecule has 0 aliphatic carbocycles. The van der Waals surface area contributed by atoms with Gasteiger partial charge in [-0.05, 0) is 117 Å². The second-order valence-electron chi connectivity index (χ2n) is 36.9. The van der Waals surface area contributed by atoms with E-state index in [0.29, 0.717) is 0 Å². The third-order valence-corrected chi connectivity index (χ3v) is 25.8. The molecule has 0 amide bonds. The summed E-state index contributed by atoms with van der Waals surface area (Å²) in [6.45, 7) is 14.0. The molecule has 112 heavy (non-hydrogen) atoms. The first-order chi connectivity index (χ1) is 55.5.